The Labute approximate surface area is 82.0 Å². The Kier molecular flexibility index (Phi) is 12.2. The van der Waals surface area contributed by atoms with Crippen molar-refractivity contribution < 1.29 is 29.2 Å². The first-order valence-corrected chi connectivity index (χ1v) is 3.72. The van der Waals surface area contributed by atoms with Crippen LogP contribution in [0.1, 0.15) is 13.8 Å². The van der Waals surface area contributed by atoms with Crippen LogP contribution in [-0.2, 0) is 24.1 Å². The number of rotatable bonds is 5. The molecule has 0 bridgehead atoms. The zero-order valence-electron chi connectivity index (χ0n) is 8.19. The lowest BCUT2D eigenvalue weighted by Crippen LogP contribution is -2.06. The number of carbonyl (C=O) groups excluding carboxylic acids is 1. The van der Waals surface area contributed by atoms with Crippen LogP contribution in [0.25, 0.3) is 0 Å². The average Bonchev–Trinajstić information content (AvgIpc) is 2.02. The molecule has 0 aromatic carbocycles. The molecule has 6 nitrogen and oxygen atoms in total. The maximum Gasteiger partial charge on any atom is 0.302 e. The predicted octanol–water partition coefficient (Wildman–Crippen LogP) is 0.732. The van der Waals surface area contributed by atoms with Gasteiger partial charge < -0.3 is 14.7 Å². The fourth-order valence-electron chi connectivity index (χ4n) is 0.316. The summed E-state index contributed by atoms with van der Waals surface area (Å²) in [6, 6.07) is 0. The van der Waals surface area contributed by atoms with Gasteiger partial charge in [-0.3, -0.25) is 9.59 Å². The Morgan fingerprint density at radius 1 is 1.36 bits per heavy atom. The van der Waals surface area contributed by atoms with E-state index in [4.69, 9.17) is 9.90 Å². The van der Waals surface area contributed by atoms with E-state index in [1.807, 2.05) is 0 Å². The average molecular weight is 206 g/mol. The fourth-order valence-corrected chi connectivity index (χ4v) is 0.316. The van der Waals surface area contributed by atoms with E-state index in [1.54, 1.807) is 0 Å². The SMILES string of the molecule is C=COOCCOC(C)=O.CC(=O)O. The second-order valence-electron chi connectivity index (χ2n) is 1.94. The fraction of sp³-hybridized carbons (Fsp3) is 0.500. The third-order valence-electron chi connectivity index (χ3n) is 0.608. The third-order valence-corrected chi connectivity index (χ3v) is 0.608. The van der Waals surface area contributed by atoms with Gasteiger partial charge >= 0.3 is 5.97 Å². The summed E-state index contributed by atoms with van der Waals surface area (Å²) in [5.41, 5.74) is 0. The predicted molar refractivity (Wildman–Crippen MR) is 47.2 cm³/mol. The molecule has 0 aromatic rings. The summed E-state index contributed by atoms with van der Waals surface area (Å²) >= 11 is 0. The first-order chi connectivity index (χ1) is 6.50. The number of esters is 1. The number of aliphatic carboxylic acids is 1. The van der Waals surface area contributed by atoms with E-state index in [-0.39, 0.29) is 19.2 Å². The summed E-state index contributed by atoms with van der Waals surface area (Å²) in [7, 11) is 0. The minimum absolute atomic E-state index is 0.198. The number of carboxylic acids is 1. The molecule has 0 rings (SSSR count). The molecule has 1 N–H and O–H groups in total. The van der Waals surface area contributed by atoms with E-state index in [1.165, 1.54) is 6.92 Å². The van der Waals surface area contributed by atoms with Gasteiger partial charge in [0.25, 0.3) is 5.97 Å². The molecule has 6 heteroatoms. The van der Waals surface area contributed by atoms with E-state index < -0.39 is 5.97 Å². The summed E-state index contributed by atoms with van der Waals surface area (Å²) in [4.78, 5) is 27.9. The molecule has 14 heavy (non-hydrogen) atoms. The van der Waals surface area contributed by atoms with Crippen molar-refractivity contribution in [2.45, 2.75) is 13.8 Å². The number of ether oxygens (including phenoxy) is 1. The second kappa shape index (κ2) is 11.4. The molecule has 82 valence electrons. The van der Waals surface area contributed by atoms with Crippen LogP contribution in [0.4, 0.5) is 0 Å². The lowest BCUT2D eigenvalue weighted by molar-refractivity contribution is -0.253. The van der Waals surface area contributed by atoms with Crippen molar-refractivity contribution in [1.29, 1.82) is 0 Å². The van der Waals surface area contributed by atoms with Crippen molar-refractivity contribution in [1.82, 2.24) is 0 Å². The zero-order chi connectivity index (χ0) is 11.4. The number of carbonyl (C=O) groups is 2. The van der Waals surface area contributed by atoms with Crippen molar-refractivity contribution in [2.75, 3.05) is 13.2 Å². The van der Waals surface area contributed by atoms with E-state index in [0.29, 0.717) is 0 Å². The lowest BCUT2D eigenvalue weighted by atomic mass is 10.7. The molecule has 0 aliphatic rings. The summed E-state index contributed by atoms with van der Waals surface area (Å²) < 4.78 is 4.51. The minimum atomic E-state index is -0.833. The maximum absolute atomic E-state index is 10.1. The third kappa shape index (κ3) is 31.4. The number of carboxylic acid groups (broad SMARTS) is 1. The van der Waals surface area contributed by atoms with Crippen LogP contribution in [-0.4, -0.2) is 30.3 Å². The van der Waals surface area contributed by atoms with Gasteiger partial charge in [0.2, 0.25) is 0 Å². The van der Waals surface area contributed by atoms with Gasteiger partial charge in [-0.2, -0.15) is 4.89 Å². The van der Waals surface area contributed by atoms with Crippen LogP contribution < -0.4 is 0 Å². The molecule has 0 atom stereocenters. The van der Waals surface area contributed by atoms with Gasteiger partial charge in [0.15, 0.2) is 0 Å². The van der Waals surface area contributed by atoms with E-state index in [9.17, 15) is 4.79 Å². The van der Waals surface area contributed by atoms with Crippen molar-refractivity contribution in [3.05, 3.63) is 12.8 Å². The van der Waals surface area contributed by atoms with Crippen molar-refractivity contribution in [3.63, 3.8) is 0 Å². The second-order valence-corrected chi connectivity index (χ2v) is 1.94. The molecular formula is C8H14O6. The zero-order valence-corrected chi connectivity index (χ0v) is 8.19. The van der Waals surface area contributed by atoms with Crippen molar-refractivity contribution in [2.24, 2.45) is 0 Å². The quantitative estimate of drug-likeness (QED) is 0.235. The first kappa shape index (κ1) is 14.9. The maximum atomic E-state index is 10.1. The molecule has 0 aromatic heterocycles. The Balaban J connectivity index is 0. The van der Waals surface area contributed by atoms with Gasteiger partial charge in [0.1, 0.15) is 19.5 Å². The largest absolute Gasteiger partial charge is 0.481 e. The van der Waals surface area contributed by atoms with Crippen molar-refractivity contribution >= 4 is 11.9 Å². The van der Waals surface area contributed by atoms with Crippen LogP contribution in [0.3, 0.4) is 0 Å². The van der Waals surface area contributed by atoms with Gasteiger partial charge in [-0.1, -0.05) is 6.58 Å². The van der Waals surface area contributed by atoms with Crippen LogP contribution in [0, 0.1) is 0 Å². The highest BCUT2D eigenvalue weighted by molar-refractivity contribution is 5.65. The lowest BCUT2D eigenvalue weighted by Gasteiger charge is -2.00. The Morgan fingerprint density at radius 2 is 1.86 bits per heavy atom. The van der Waals surface area contributed by atoms with Crippen molar-refractivity contribution in [3.8, 4) is 0 Å². The Bertz CT molecular complexity index is 173. The topological polar surface area (TPSA) is 82.1 Å². The summed E-state index contributed by atoms with van der Waals surface area (Å²) in [5.74, 6) is -1.16. The van der Waals surface area contributed by atoms with Gasteiger partial charge in [-0.25, -0.2) is 0 Å². The van der Waals surface area contributed by atoms with Gasteiger partial charge in [-0.15, -0.1) is 0 Å². The Hall–Kier alpha value is -1.56. The van der Waals surface area contributed by atoms with Gasteiger partial charge in [0.05, 0.1) is 0 Å². The number of hydrogen-bond donors (Lipinski definition) is 1. The first-order valence-electron chi connectivity index (χ1n) is 3.72. The van der Waals surface area contributed by atoms with Gasteiger partial charge in [0, 0.05) is 13.8 Å². The van der Waals surface area contributed by atoms with Crippen LogP contribution in [0.15, 0.2) is 12.8 Å². The molecule has 0 amide bonds. The highest BCUT2D eigenvalue weighted by atomic mass is 17.2. The summed E-state index contributed by atoms with van der Waals surface area (Å²) in [5, 5.41) is 7.42. The normalized spacial score (nSPS) is 7.86. The number of hydrogen-bond acceptors (Lipinski definition) is 5. The van der Waals surface area contributed by atoms with Crippen LogP contribution >= 0.6 is 0 Å². The highest BCUT2D eigenvalue weighted by Gasteiger charge is 1.91. The molecule has 0 aliphatic heterocycles. The monoisotopic (exact) mass is 206 g/mol. The highest BCUT2D eigenvalue weighted by Crippen LogP contribution is 1.80. The molecule has 0 saturated carbocycles. The molecule has 0 spiro atoms. The van der Waals surface area contributed by atoms with E-state index >= 15 is 0 Å². The molecule has 0 radical (unpaired) electrons. The smallest absolute Gasteiger partial charge is 0.302 e. The van der Waals surface area contributed by atoms with Crippen LogP contribution in [0.2, 0.25) is 0 Å². The molecule has 0 saturated heterocycles. The van der Waals surface area contributed by atoms with Crippen LogP contribution in [0.5, 0.6) is 0 Å². The summed E-state index contributed by atoms with van der Waals surface area (Å²) in [6.07, 6.45) is 1.15. The van der Waals surface area contributed by atoms with E-state index in [2.05, 4.69) is 21.1 Å². The molecule has 0 unspecified atom stereocenters. The van der Waals surface area contributed by atoms with Gasteiger partial charge in [-0.05, 0) is 0 Å². The standard InChI is InChI=1S/C6H10O4.C2H4O2/c1-3-9-10-5-4-8-6(2)7;1-2(3)4/h3H,1,4-5H2,2H3;1H3,(H,3,4). The minimum Gasteiger partial charge on any atom is -0.481 e. The summed E-state index contributed by atoms with van der Waals surface area (Å²) in [6.45, 7) is 6.06. The molecular weight excluding hydrogens is 192 g/mol. The molecule has 0 heterocycles. The molecule has 0 fully saturated rings. The molecule has 0 aliphatic carbocycles. The Morgan fingerprint density at radius 3 is 2.21 bits per heavy atom. The van der Waals surface area contributed by atoms with E-state index in [0.717, 1.165) is 13.2 Å².